The fourth-order valence-corrected chi connectivity index (χ4v) is 6.04. The topological polar surface area (TPSA) is 40.1 Å². The number of ether oxygens (including phenoxy) is 1. The molecular weight excluding hydrogens is 432 g/mol. The Morgan fingerprint density at radius 3 is 2.51 bits per heavy atom. The van der Waals surface area contributed by atoms with Crippen LogP contribution in [-0.2, 0) is 4.74 Å². The van der Waals surface area contributed by atoms with E-state index in [0.717, 1.165) is 68.0 Å². The van der Waals surface area contributed by atoms with Crippen LogP contribution < -0.4 is 5.32 Å². The van der Waals surface area contributed by atoms with Crippen molar-refractivity contribution in [2.24, 2.45) is 22.7 Å². The Morgan fingerprint density at radius 2 is 1.80 bits per heavy atom. The number of piperidine rings is 2. The molecule has 0 amide bonds. The molecule has 5 heteroatoms. The van der Waals surface area contributed by atoms with E-state index in [2.05, 4.69) is 73.7 Å². The van der Waals surface area contributed by atoms with Crippen LogP contribution in [0.25, 0.3) is 0 Å². The predicted molar refractivity (Wildman–Crippen MR) is 147 cm³/mol. The van der Waals surface area contributed by atoms with Gasteiger partial charge in [-0.1, -0.05) is 44.7 Å². The molecule has 5 nitrogen and oxygen atoms in total. The van der Waals surface area contributed by atoms with Gasteiger partial charge < -0.3 is 15.0 Å². The molecule has 192 valence electrons. The molecule has 35 heavy (non-hydrogen) atoms. The molecule has 2 unspecified atom stereocenters. The average molecular weight is 479 g/mol. The third-order valence-electron chi connectivity index (χ3n) is 7.96. The summed E-state index contributed by atoms with van der Waals surface area (Å²) in [6.07, 6.45) is 4.91. The fourth-order valence-electron chi connectivity index (χ4n) is 6.04. The highest BCUT2D eigenvalue weighted by molar-refractivity contribution is 6.03. The van der Waals surface area contributed by atoms with Crippen molar-refractivity contribution < 1.29 is 4.74 Å². The molecule has 4 rings (SSSR count). The monoisotopic (exact) mass is 478 g/mol. The number of benzene rings is 1. The lowest BCUT2D eigenvalue weighted by atomic mass is 9.92. The number of hydrogen-bond acceptors (Lipinski definition) is 5. The normalized spacial score (nSPS) is 24.7. The zero-order valence-corrected chi connectivity index (χ0v) is 22.5. The summed E-state index contributed by atoms with van der Waals surface area (Å²) in [6, 6.07) is 8.44. The maximum atomic E-state index is 6.02. The first-order chi connectivity index (χ1) is 16.9. The fraction of sp³-hybridized carbons (Fsp3) is 0.633. The summed E-state index contributed by atoms with van der Waals surface area (Å²) in [7, 11) is 0. The molecule has 0 bridgehead atoms. The molecule has 0 aromatic heterocycles. The van der Waals surface area contributed by atoms with Crippen molar-refractivity contribution in [1.82, 2.24) is 15.1 Å². The van der Waals surface area contributed by atoms with Gasteiger partial charge in [0.05, 0.1) is 11.4 Å². The highest BCUT2D eigenvalue weighted by Gasteiger charge is 2.25. The molecule has 2 fully saturated rings. The van der Waals surface area contributed by atoms with Crippen molar-refractivity contribution in [1.29, 1.82) is 0 Å². The van der Waals surface area contributed by atoms with Crippen LogP contribution in [-0.4, -0.2) is 67.9 Å². The molecule has 3 heterocycles. The number of likely N-dealkylation sites (tertiary alicyclic amines) is 2. The summed E-state index contributed by atoms with van der Waals surface area (Å²) in [6.45, 7) is 21.7. The third-order valence-corrected chi connectivity index (χ3v) is 7.96. The molecule has 3 aliphatic heterocycles. The first-order valence-electron chi connectivity index (χ1n) is 13.7. The van der Waals surface area contributed by atoms with E-state index in [4.69, 9.17) is 9.73 Å². The Bertz CT molecular complexity index is 918. The van der Waals surface area contributed by atoms with Gasteiger partial charge in [0.15, 0.2) is 0 Å². The van der Waals surface area contributed by atoms with Crippen LogP contribution in [0.4, 0.5) is 0 Å². The predicted octanol–water partition coefficient (Wildman–Crippen LogP) is 5.23. The highest BCUT2D eigenvalue weighted by atomic mass is 16.5. The van der Waals surface area contributed by atoms with E-state index in [1.54, 1.807) is 0 Å². The van der Waals surface area contributed by atoms with Gasteiger partial charge in [-0.15, -0.1) is 0 Å². The van der Waals surface area contributed by atoms with Gasteiger partial charge in [-0.3, -0.25) is 4.90 Å². The molecule has 0 spiro atoms. The Balaban J connectivity index is 1.19. The van der Waals surface area contributed by atoms with Crippen molar-refractivity contribution in [3.05, 3.63) is 59.1 Å². The molecule has 1 N–H and O–H groups in total. The van der Waals surface area contributed by atoms with Gasteiger partial charge in [-0.25, -0.2) is 4.99 Å². The molecule has 0 radical (unpaired) electrons. The summed E-state index contributed by atoms with van der Waals surface area (Å²) in [5.74, 6) is 3.22. The second-order valence-corrected chi connectivity index (χ2v) is 11.2. The lowest BCUT2D eigenvalue weighted by Crippen LogP contribution is -2.40. The highest BCUT2D eigenvalue weighted by Crippen LogP contribution is 2.25. The second kappa shape index (κ2) is 12.2. The van der Waals surface area contributed by atoms with Crippen LogP contribution >= 0.6 is 0 Å². The minimum Gasteiger partial charge on any atom is -0.490 e. The minimum atomic E-state index is 0.559. The van der Waals surface area contributed by atoms with Crippen LogP contribution in [0.15, 0.2) is 53.0 Å². The number of rotatable bonds is 9. The first-order valence-corrected chi connectivity index (χ1v) is 13.7. The quantitative estimate of drug-likeness (QED) is 0.494. The van der Waals surface area contributed by atoms with Crippen molar-refractivity contribution in [3.63, 3.8) is 0 Å². The van der Waals surface area contributed by atoms with E-state index in [1.807, 2.05) is 0 Å². The van der Waals surface area contributed by atoms with Gasteiger partial charge >= 0.3 is 0 Å². The number of aryl methyl sites for hydroxylation is 1. The second-order valence-electron chi connectivity index (χ2n) is 11.2. The molecule has 0 aliphatic carbocycles. The van der Waals surface area contributed by atoms with E-state index >= 15 is 0 Å². The Hall–Kier alpha value is -2.11. The van der Waals surface area contributed by atoms with E-state index in [1.165, 1.54) is 49.3 Å². The molecule has 2 atom stereocenters. The van der Waals surface area contributed by atoms with Crippen LogP contribution in [0.1, 0.15) is 57.6 Å². The van der Waals surface area contributed by atoms with Crippen molar-refractivity contribution in [2.75, 3.05) is 52.4 Å². The van der Waals surface area contributed by atoms with Gasteiger partial charge in [0.1, 0.15) is 12.4 Å². The number of hydrogen-bond donors (Lipinski definition) is 1. The lowest BCUT2D eigenvalue weighted by Gasteiger charge is -2.35. The number of allylic oxidation sites excluding steroid dienone is 2. The van der Waals surface area contributed by atoms with Crippen LogP contribution in [0, 0.1) is 24.7 Å². The van der Waals surface area contributed by atoms with Crippen molar-refractivity contribution in [3.8, 4) is 0 Å². The standard InChI is InChI=1S/C30H46N4O/c1-22-17-23(2)19-34(18-22)14-8-13-31-25(4)27-11-15-33(16-12-27)20-29-26(5)35-21-30(32-29)28-10-7-6-9-24(28)3/h6-7,9-10,22-23,27,31H,4,8,11-21H2,1-3,5H3. The van der Waals surface area contributed by atoms with Gasteiger partial charge in [-0.05, 0) is 76.6 Å². The van der Waals surface area contributed by atoms with Crippen LogP contribution in [0.5, 0.6) is 0 Å². The van der Waals surface area contributed by atoms with Gasteiger partial charge in [-0.2, -0.15) is 0 Å². The summed E-state index contributed by atoms with van der Waals surface area (Å²) in [5, 5.41) is 3.66. The van der Waals surface area contributed by atoms with Crippen molar-refractivity contribution >= 4 is 5.71 Å². The molecule has 1 aromatic carbocycles. The third kappa shape index (κ3) is 7.20. The zero-order valence-electron chi connectivity index (χ0n) is 22.5. The number of aliphatic imine (C=N–C) groups is 1. The number of nitrogens with one attached hydrogen (secondary N) is 1. The van der Waals surface area contributed by atoms with Crippen LogP contribution in [0.2, 0.25) is 0 Å². The SMILES string of the molecule is C=C(NCCCN1CC(C)CC(C)C1)C1CCN(CC2=C(C)OCC(c3ccccc3C)=N2)CC1. The summed E-state index contributed by atoms with van der Waals surface area (Å²) in [4.78, 5) is 10.2. The average Bonchev–Trinajstić information content (AvgIpc) is 2.83. The first kappa shape index (κ1) is 26.0. The molecule has 1 aromatic rings. The van der Waals surface area contributed by atoms with Gasteiger partial charge in [0.2, 0.25) is 0 Å². The van der Waals surface area contributed by atoms with E-state index in [9.17, 15) is 0 Å². The maximum Gasteiger partial charge on any atom is 0.130 e. The zero-order chi connectivity index (χ0) is 24.8. The molecule has 3 aliphatic rings. The van der Waals surface area contributed by atoms with Crippen LogP contribution in [0.3, 0.4) is 0 Å². The summed E-state index contributed by atoms with van der Waals surface area (Å²) >= 11 is 0. The van der Waals surface area contributed by atoms with Gasteiger partial charge in [0.25, 0.3) is 0 Å². The Morgan fingerprint density at radius 1 is 1.09 bits per heavy atom. The van der Waals surface area contributed by atoms with Crippen molar-refractivity contribution in [2.45, 2.75) is 53.4 Å². The smallest absolute Gasteiger partial charge is 0.130 e. The Labute approximate surface area is 213 Å². The summed E-state index contributed by atoms with van der Waals surface area (Å²) in [5.41, 5.74) is 5.81. The molecule has 0 saturated carbocycles. The largest absolute Gasteiger partial charge is 0.490 e. The van der Waals surface area contributed by atoms with E-state index in [-0.39, 0.29) is 0 Å². The van der Waals surface area contributed by atoms with E-state index < -0.39 is 0 Å². The Kier molecular flexibility index (Phi) is 9.07. The summed E-state index contributed by atoms with van der Waals surface area (Å²) < 4.78 is 6.02. The minimum absolute atomic E-state index is 0.559. The van der Waals surface area contributed by atoms with Gasteiger partial charge in [0, 0.05) is 43.4 Å². The molecule has 2 saturated heterocycles. The lowest BCUT2D eigenvalue weighted by molar-refractivity contribution is 0.139. The molecular formula is C30H46N4O. The maximum absolute atomic E-state index is 6.02. The number of nitrogens with zero attached hydrogens (tertiary/aromatic N) is 3. The van der Waals surface area contributed by atoms with E-state index in [0.29, 0.717) is 12.5 Å².